The molecule has 6 heteroatoms. The standard InChI is InChI=1S/C9H16N2O4/c1-15-8(12)2-3-10-4-6-11(7-5-10)9(13)14/h2-7H2,1H3,(H,13,14). The first kappa shape index (κ1) is 11.8. The van der Waals surface area contributed by atoms with Crippen LogP contribution in [0.4, 0.5) is 4.79 Å². The van der Waals surface area contributed by atoms with Crippen LogP contribution in [0.5, 0.6) is 0 Å². The Morgan fingerprint density at radius 1 is 1.27 bits per heavy atom. The fraction of sp³-hybridized carbons (Fsp3) is 0.778. The molecular weight excluding hydrogens is 200 g/mol. The summed E-state index contributed by atoms with van der Waals surface area (Å²) in [4.78, 5) is 24.9. The summed E-state index contributed by atoms with van der Waals surface area (Å²) in [5.41, 5.74) is 0. The number of ether oxygens (including phenoxy) is 1. The zero-order valence-electron chi connectivity index (χ0n) is 8.81. The molecule has 0 aromatic heterocycles. The average molecular weight is 216 g/mol. The molecule has 1 heterocycles. The van der Waals surface area contributed by atoms with Crippen LogP contribution in [0.25, 0.3) is 0 Å². The SMILES string of the molecule is COC(=O)CCN1CCN(C(=O)O)CC1. The van der Waals surface area contributed by atoms with Gasteiger partial charge < -0.3 is 14.7 Å². The van der Waals surface area contributed by atoms with Crippen LogP contribution in [0, 0.1) is 0 Å². The van der Waals surface area contributed by atoms with Gasteiger partial charge in [-0.2, -0.15) is 0 Å². The lowest BCUT2D eigenvalue weighted by molar-refractivity contribution is -0.141. The molecule has 0 radical (unpaired) electrons. The summed E-state index contributed by atoms with van der Waals surface area (Å²) >= 11 is 0. The molecule has 0 aliphatic carbocycles. The van der Waals surface area contributed by atoms with Gasteiger partial charge in [-0.3, -0.25) is 9.69 Å². The lowest BCUT2D eigenvalue weighted by atomic mass is 10.3. The van der Waals surface area contributed by atoms with Crippen molar-refractivity contribution in [3.8, 4) is 0 Å². The molecule has 0 atom stereocenters. The third kappa shape index (κ3) is 3.75. The van der Waals surface area contributed by atoms with Crippen molar-refractivity contribution in [2.75, 3.05) is 39.8 Å². The van der Waals surface area contributed by atoms with E-state index in [4.69, 9.17) is 5.11 Å². The van der Waals surface area contributed by atoms with Crippen molar-refractivity contribution in [2.24, 2.45) is 0 Å². The number of carbonyl (C=O) groups excluding carboxylic acids is 1. The Bertz CT molecular complexity index is 236. The first-order valence-electron chi connectivity index (χ1n) is 4.90. The summed E-state index contributed by atoms with van der Waals surface area (Å²) in [6.07, 6.45) is -0.508. The Labute approximate surface area is 88.4 Å². The van der Waals surface area contributed by atoms with Crippen LogP contribution in [0.2, 0.25) is 0 Å². The summed E-state index contributed by atoms with van der Waals surface area (Å²) in [5, 5.41) is 8.71. The van der Waals surface area contributed by atoms with E-state index in [1.165, 1.54) is 12.0 Å². The van der Waals surface area contributed by atoms with E-state index in [2.05, 4.69) is 9.64 Å². The van der Waals surface area contributed by atoms with Crippen LogP contribution in [0.1, 0.15) is 6.42 Å². The summed E-state index contributed by atoms with van der Waals surface area (Å²) in [6, 6.07) is 0. The first-order valence-corrected chi connectivity index (χ1v) is 4.90. The van der Waals surface area contributed by atoms with Crippen molar-refractivity contribution in [2.45, 2.75) is 6.42 Å². The highest BCUT2D eigenvalue weighted by Gasteiger charge is 2.20. The van der Waals surface area contributed by atoms with E-state index >= 15 is 0 Å². The molecule has 1 amide bonds. The number of nitrogens with zero attached hydrogens (tertiary/aromatic N) is 2. The minimum absolute atomic E-state index is 0.226. The van der Waals surface area contributed by atoms with Gasteiger partial charge >= 0.3 is 12.1 Å². The zero-order chi connectivity index (χ0) is 11.3. The molecule has 1 fully saturated rings. The van der Waals surface area contributed by atoms with Crippen LogP contribution >= 0.6 is 0 Å². The molecule has 1 rings (SSSR count). The van der Waals surface area contributed by atoms with Crippen molar-refractivity contribution in [1.29, 1.82) is 0 Å². The maximum Gasteiger partial charge on any atom is 0.407 e. The van der Waals surface area contributed by atoms with Crippen LogP contribution in [-0.2, 0) is 9.53 Å². The maximum absolute atomic E-state index is 10.9. The minimum Gasteiger partial charge on any atom is -0.469 e. The number of piperazine rings is 1. The molecule has 0 spiro atoms. The van der Waals surface area contributed by atoms with E-state index in [9.17, 15) is 9.59 Å². The second kappa shape index (κ2) is 5.55. The van der Waals surface area contributed by atoms with Gasteiger partial charge in [0.05, 0.1) is 13.5 Å². The summed E-state index contributed by atoms with van der Waals surface area (Å²) in [6.45, 7) is 3.03. The Hall–Kier alpha value is -1.30. The van der Waals surface area contributed by atoms with Gasteiger partial charge in [-0.05, 0) is 0 Å². The Kier molecular flexibility index (Phi) is 4.36. The van der Waals surface area contributed by atoms with Gasteiger partial charge in [0.15, 0.2) is 0 Å². The van der Waals surface area contributed by atoms with Crippen molar-refractivity contribution < 1.29 is 19.4 Å². The van der Waals surface area contributed by atoms with Gasteiger partial charge in [0.25, 0.3) is 0 Å². The number of hydrogen-bond acceptors (Lipinski definition) is 4. The van der Waals surface area contributed by atoms with E-state index in [1.807, 2.05) is 0 Å². The fourth-order valence-corrected chi connectivity index (χ4v) is 1.51. The third-order valence-corrected chi connectivity index (χ3v) is 2.50. The number of carboxylic acid groups (broad SMARTS) is 1. The normalized spacial score (nSPS) is 17.5. The number of carbonyl (C=O) groups is 2. The van der Waals surface area contributed by atoms with Crippen LogP contribution in [0.15, 0.2) is 0 Å². The molecule has 6 nitrogen and oxygen atoms in total. The molecule has 1 saturated heterocycles. The first-order chi connectivity index (χ1) is 7.13. The molecule has 0 bridgehead atoms. The lowest BCUT2D eigenvalue weighted by Gasteiger charge is -2.32. The molecule has 15 heavy (non-hydrogen) atoms. The van der Waals surface area contributed by atoms with Gasteiger partial charge in [0.1, 0.15) is 0 Å². The number of hydrogen-bond donors (Lipinski definition) is 1. The van der Waals surface area contributed by atoms with Crippen molar-refractivity contribution in [3.63, 3.8) is 0 Å². The molecule has 1 aliphatic heterocycles. The number of rotatable bonds is 3. The Morgan fingerprint density at radius 2 is 1.87 bits per heavy atom. The largest absolute Gasteiger partial charge is 0.469 e. The van der Waals surface area contributed by atoms with Gasteiger partial charge in [-0.15, -0.1) is 0 Å². The van der Waals surface area contributed by atoms with Crippen LogP contribution in [-0.4, -0.2) is 66.8 Å². The van der Waals surface area contributed by atoms with E-state index < -0.39 is 6.09 Å². The number of esters is 1. The van der Waals surface area contributed by atoms with E-state index in [-0.39, 0.29) is 5.97 Å². The maximum atomic E-state index is 10.9. The van der Waals surface area contributed by atoms with Gasteiger partial charge in [-0.1, -0.05) is 0 Å². The van der Waals surface area contributed by atoms with E-state index in [0.29, 0.717) is 39.1 Å². The Balaban J connectivity index is 2.20. The van der Waals surface area contributed by atoms with Crippen molar-refractivity contribution >= 4 is 12.1 Å². The van der Waals surface area contributed by atoms with Crippen LogP contribution < -0.4 is 0 Å². The highest BCUT2D eigenvalue weighted by molar-refractivity contribution is 5.69. The third-order valence-electron chi connectivity index (χ3n) is 2.50. The summed E-state index contributed by atoms with van der Waals surface area (Å²) < 4.78 is 4.53. The van der Waals surface area contributed by atoms with Gasteiger partial charge in [0, 0.05) is 32.7 Å². The molecule has 86 valence electrons. The quantitative estimate of drug-likeness (QED) is 0.664. The second-order valence-electron chi connectivity index (χ2n) is 3.44. The topological polar surface area (TPSA) is 70.1 Å². The van der Waals surface area contributed by atoms with Crippen molar-refractivity contribution in [1.82, 2.24) is 9.80 Å². The van der Waals surface area contributed by atoms with Gasteiger partial charge in [-0.25, -0.2) is 4.79 Å². The molecule has 1 aliphatic rings. The lowest BCUT2D eigenvalue weighted by Crippen LogP contribution is -2.48. The predicted molar refractivity (Wildman–Crippen MR) is 52.7 cm³/mol. The summed E-state index contributed by atoms with van der Waals surface area (Å²) in [7, 11) is 1.37. The smallest absolute Gasteiger partial charge is 0.407 e. The fourth-order valence-electron chi connectivity index (χ4n) is 1.51. The molecule has 0 aromatic rings. The predicted octanol–water partition coefficient (Wildman–Crippen LogP) is -0.155. The van der Waals surface area contributed by atoms with E-state index in [1.54, 1.807) is 0 Å². The average Bonchev–Trinajstić information content (AvgIpc) is 2.26. The molecule has 0 unspecified atom stereocenters. The molecule has 0 saturated carbocycles. The molecule has 0 aromatic carbocycles. The highest BCUT2D eigenvalue weighted by atomic mass is 16.5. The van der Waals surface area contributed by atoms with E-state index in [0.717, 1.165) is 0 Å². The monoisotopic (exact) mass is 216 g/mol. The molecule has 1 N–H and O–H groups in total. The number of amides is 1. The highest BCUT2D eigenvalue weighted by Crippen LogP contribution is 2.02. The van der Waals surface area contributed by atoms with Crippen molar-refractivity contribution in [3.05, 3.63) is 0 Å². The summed E-state index contributed by atoms with van der Waals surface area (Å²) in [5.74, 6) is -0.226. The zero-order valence-corrected chi connectivity index (χ0v) is 8.81. The number of methoxy groups -OCH3 is 1. The van der Waals surface area contributed by atoms with Gasteiger partial charge in [0.2, 0.25) is 0 Å². The molecular formula is C9H16N2O4. The minimum atomic E-state index is -0.873. The Morgan fingerprint density at radius 3 is 2.33 bits per heavy atom. The van der Waals surface area contributed by atoms with Crippen LogP contribution in [0.3, 0.4) is 0 Å². The second-order valence-corrected chi connectivity index (χ2v) is 3.44.